The topological polar surface area (TPSA) is 93.4 Å². The molecule has 2 heterocycles. The minimum Gasteiger partial charge on any atom is -0.497 e. The van der Waals surface area contributed by atoms with Gasteiger partial charge in [-0.2, -0.15) is 0 Å². The highest BCUT2D eigenvalue weighted by Gasteiger charge is 2.09. The van der Waals surface area contributed by atoms with Gasteiger partial charge in [0.15, 0.2) is 5.82 Å². The van der Waals surface area contributed by atoms with Gasteiger partial charge in [-0.05, 0) is 24.1 Å². The third kappa shape index (κ3) is 3.20. The van der Waals surface area contributed by atoms with Crippen molar-refractivity contribution in [1.82, 2.24) is 19.6 Å². The fourth-order valence-electron chi connectivity index (χ4n) is 2.22. The third-order valence-corrected chi connectivity index (χ3v) is 3.38. The Bertz CT molecular complexity index is 799. The number of benzene rings is 1. The van der Waals surface area contributed by atoms with Gasteiger partial charge in [0.05, 0.1) is 7.11 Å². The Kier molecular flexibility index (Phi) is 4.32. The van der Waals surface area contributed by atoms with E-state index in [2.05, 4.69) is 25.8 Å². The third-order valence-electron chi connectivity index (χ3n) is 3.38. The van der Waals surface area contributed by atoms with Crippen LogP contribution < -0.4 is 15.4 Å². The summed E-state index contributed by atoms with van der Waals surface area (Å²) in [4.78, 5) is 14.8. The molecule has 1 amide bonds. The molecular formula is C15H16N6O2. The van der Waals surface area contributed by atoms with Gasteiger partial charge in [0.1, 0.15) is 5.75 Å². The lowest BCUT2D eigenvalue weighted by atomic mass is 10.1. The first-order valence-corrected chi connectivity index (χ1v) is 7.08. The second-order valence-electron chi connectivity index (χ2n) is 4.78. The second-order valence-corrected chi connectivity index (χ2v) is 4.78. The Morgan fingerprint density at radius 2 is 2.09 bits per heavy atom. The maximum atomic E-state index is 10.5. The van der Waals surface area contributed by atoms with Gasteiger partial charge in [-0.25, -0.2) is 4.98 Å². The molecule has 8 nitrogen and oxygen atoms in total. The van der Waals surface area contributed by atoms with Gasteiger partial charge in [0.2, 0.25) is 18.0 Å². The minimum atomic E-state index is 0.357. The zero-order valence-corrected chi connectivity index (χ0v) is 12.6. The molecule has 0 fully saturated rings. The molecule has 1 aromatic carbocycles. The van der Waals surface area contributed by atoms with Gasteiger partial charge in [-0.3, -0.25) is 14.5 Å². The van der Waals surface area contributed by atoms with Crippen LogP contribution in [0.2, 0.25) is 0 Å². The van der Waals surface area contributed by atoms with Gasteiger partial charge in [0, 0.05) is 18.9 Å². The number of anilines is 2. The molecule has 0 aliphatic heterocycles. The standard InChI is InChI=1S/C15H16N6O2/c1-23-12-4-2-11(3-5-12)6-7-16-13-14-19-20-15(18-10-22)21(14)9-8-17-13/h2-5,8-10H,6-7H2,1H3,(H,16,17)(H,18,20,22). The van der Waals surface area contributed by atoms with Crippen LogP contribution in [0, 0.1) is 0 Å². The van der Waals surface area contributed by atoms with Crippen LogP contribution in [-0.4, -0.2) is 39.6 Å². The van der Waals surface area contributed by atoms with Crippen LogP contribution in [0.5, 0.6) is 5.75 Å². The quantitative estimate of drug-likeness (QED) is 0.640. The van der Waals surface area contributed by atoms with Crippen LogP contribution in [0.4, 0.5) is 11.8 Å². The molecule has 2 aromatic heterocycles. The number of nitrogens with one attached hydrogen (secondary N) is 2. The zero-order valence-electron chi connectivity index (χ0n) is 12.6. The molecule has 3 rings (SSSR count). The SMILES string of the molecule is COc1ccc(CCNc2nccn3c(NC=O)nnc23)cc1. The number of ether oxygens (including phenoxy) is 1. The van der Waals surface area contributed by atoms with Crippen molar-refractivity contribution in [2.24, 2.45) is 0 Å². The van der Waals surface area contributed by atoms with E-state index in [9.17, 15) is 4.79 Å². The molecule has 0 radical (unpaired) electrons. The smallest absolute Gasteiger partial charge is 0.235 e. The van der Waals surface area contributed by atoms with Crippen molar-refractivity contribution >= 4 is 23.8 Å². The maximum absolute atomic E-state index is 10.5. The first-order chi connectivity index (χ1) is 11.3. The molecule has 0 unspecified atom stereocenters. The van der Waals surface area contributed by atoms with Crippen molar-refractivity contribution in [1.29, 1.82) is 0 Å². The molecule has 23 heavy (non-hydrogen) atoms. The van der Waals surface area contributed by atoms with Crippen LogP contribution in [0.25, 0.3) is 5.65 Å². The molecule has 0 spiro atoms. The lowest BCUT2D eigenvalue weighted by molar-refractivity contribution is -0.105. The van der Waals surface area contributed by atoms with Gasteiger partial charge in [-0.15, -0.1) is 10.2 Å². The number of fused-ring (bicyclic) bond motifs is 1. The van der Waals surface area contributed by atoms with Crippen LogP contribution in [-0.2, 0) is 11.2 Å². The molecule has 0 aliphatic carbocycles. The van der Waals surface area contributed by atoms with E-state index in [-0.39, 0.29) is 0 Å². The Morgan fingerprint density at radius 3 is 2.83 bits per heavy atom. The molecule has 0 atom stereocenters. The van der Waals surface area contributed by atoms with Crippen LogP contribution in [0.15, 0.2) is 36.7 Å². The predicted octanol–water partition coefficient (Wildman–Crippen LogP) is 1.36. The van der Waals surface area contributed by atoms with E-state index in [4.69, 9.17) is 4.74 Å². The second kappa shape index (κ2) is 6.73. The molecule has 0 aliphatic rings. The number of methoxy groups -OCH3 is 1. The molecule has 0 bridgehead atoms. The minimum absolute atomic E-state index is 0.357. The molecule has 8 heteroatoms. The van der Waals surface area contributed by atoms with Crippen LogP contribution in [0.3, 0.4) is 0 Å². The highest BCUT2D eigenvalue weighted by molar-refractivity contribution is 5.71. The Hall–Kier alpha value is -3.16. The number of amides is 1. The summed E-state index contributed by atoms with van der Waals surface area (Å²) >= 11 is 0. The summed E-state index contributed by atoms with van der Waals surface area (Å²) in [5.74, 6) is 1.81. The Labute approximate surface area is 132 Å². The molecule has 0 saturated carbocycles. The summed E-state index contributed by atoms with van der Waals surface area (Å²) in [6.07, 6.45) is 4.71. The number of hydrogen-bond donors (Lipinski definition) is 2. The number of carbonyl (C=O) groups is 1. The fourth-order valence-corrected chi connectivity index (χ4v) is 2.22. The number of aromatic nitrogens is 4. The highest BCUT2D eigenvalue weighted by atomic mass is 16.5. The largest absolute Gasteiger partial charge is 0.497 e. The van der Waals surface area contributed by atoms with Crippen molar-refractivity contribution in [2.75, 3.05) is 24.3 Å². The normalized spacial score (nSPS) is 10.5. The number of nitrogens with zero attached hydrogens (tertiary/aromatic N) is 4. The average Bonchev–Trinajstić information content (AvgIpc) is 3.00. The highest BCUT2D eigenvalue weighted by Crippen LogP contribution is 2.15. The Morgan fingerprint density at radius 1 is 1.26 bits per heavy atom. The van der Waals surface area contributed by atoms with Crippen molar-refractivity contribution < 1.29 is 9.53 Å². The molecule has 2 N–H and O–H groups in total. The van der Waals surface area contributed by atoms with E-state index in [1.54, 1.807) is 23.9 Å². The maximum Gasteiger partial charge on any atom is 0.235 e. The molecule has 3 aromatic rings. The predicted molar refractivity (Wildman–Crippen MR) is 85.7 cm³/mol. The van der Waals surface area contributed by atoms with Gasteiger partial charge in [-0.1, -0.05) is 12.1 Å². The summed E-state index contributed by atoms with van der Waals surface area (Å²) in [6.45, 7) is 0.697. The first kappa shape index (κ1) is 14.8. The zero-order chi connectivity index (χ0) is 16.1. The molecule has 0 saturated heterocycles. The van der Waals surface area contributed by atoms with Crippen LogP contribution in [0.1, 0.15) is 5.56 Å². The summed E-state index contributed by atoms with van der Waals surface area (Å²) in [5.41, 5.74) is 1.75. The summed E-state index contributed by atoms with van der Waals surface area (Å²) in [7, 11) is 1.65. The average molecular weight is 312 g/mol. The van der Waals surface area contributed by atoms with Crippen molar-refractivity contribution in [3.05, 3.63) is 42.2 Å². The number of hydrogen-bond acceptors (Lipinski definition) is 6. The van der Waals surface area contributed by atoms with E-state index in [0.717, 1.165) is 12.2 Å². The van der Waals surface area contributed by atoms with Crippen LogP contribution >= 0.6 is 0 Å². The van der Waals surface area contributed by atoms with Gasteiger partial charge in [0.25, 0.3) is 0 Å². The lowest BCUT2D eigenvalue weighted by Crippen LogP contribution is -2.08. The van der Waals surface area contributed by atoms with Crippen molar-refractivity contribution in [3.63, 3.8) is 0 Å². The summed E-state index contributed by atoms with van der Waals surface area (Å²) < 4.78 is 6.80. The van der Waals surface area contributed by atoms with Crippen molar-refractivity contribution in [2.45, 2.75) is 6.42 Å². The fraction of sp³-hybridized carbons (Fsp3) is 0.200. The van der Waals surface area contributed by atoms with E-state index >= 15 is 0 Å². The van der Waals surface area contributed by atoms with Crippen molar-refractivity contribution in [3.8, 4) is 5.75 Å². The summed E-state index contributed by atoms with van der Waals surface area (Å²) in [6, 6.07) is 7.92. The van der Waals surface area contributed by atoms with E-state index in [1.165, 1.54) is 5.56 Å². The van der Waals surface area contributed by atoms with E-state index in [0.29, 0.717) is 30.4 Å². The monoisotopic (exact) mass is 312 g/mol. The van der Waals surface area contributed by atoms with E-state index < -0.39 is 0 Å². The summed E-state index contributed by atoms with van der Waals surface area (Å²) in [5, 5.41) is 13.7. The van der Waals surface area contributed by atoms with Gasteiger partial charge < -0.3 is 10.1 Å². The molecular weight excluding hydrogens is 296 g/mol. The lowest BCUT2D eigenvalue weighted by Gasteiger charge is -2.07. The van der Waals surface area contributed by atoms with Gasteiger partial charge >= 0.3 is 0 Å². The first-order valence-electron chi connectivity index (χ1n) is 7.08. The Balaban J connectivity index is 1.68. The number of rotatable bonds is 7. The number of carbonyl (C=O) groups excluding carboxylic acids is 1. The van der Waals surface area contributed by atoms with E-state index in [1.807, 2.05) is 24.3 Å². The molecule has 118 valence electrons.